The lowest BCUT2D eigenvalue weighted by atomic mass is 9.83. The van der Waals surface area contributed by atoms with E-state index in [-0.39, 0.29) is 11.4 Å². The fraction of sp³-hybridized carbons (Fsp3) is 0.538. The van der Waals surface area contributed by atoms with Crippen molar-refractivity contribution in [1.29, 1.82) is 0 Å². The number of nitrogens with two attached hydrogens (primary N) is 1. The van der Waals surface area contributed by atoms with Crippen molar-refractivity contribution in [1.82, 2.24) is 0 Å². The van der Waals surface area contributed by atoms with Crippen LogP contribution in [0.1, 0.15) is 30.4 Å². The van der Waals surface area contributed by atoms with Gasteiger partial charge in [-0.15, -0.1) is 0 Å². The molecule has 0 bridgehead atoms. The van der Waals surface area contributed by atoms with Crippen molar-refractivity contribution in [2.75, 3.05) is 13.2 Å². The Bertz CT molecular complexity index is 370. The summed E-state index contributed by atoms with van der Waals surface area (Å²) in [6.07, 6.45) is 2.67. The van der Waals surface area contributed by atoms with Crippen LogP contribution in [0.5, 0.6) is 0 Å². The number of benzene rings is 1. The molecule has 0 amide bonds. The molecule has 2 rings (SSSR count). The van der Waals surface area contributed by atoms with Gasteiger partial charge in [-0.05, 0) is 43.4 Å². The van der Waals surface area contributed by atoms with Crippen LogP contribution >= 0.6 is 0 Å². The Balaban J connectivity index is 2.29. The smallest absolute Gasteiger partial charge is 0.126 e. The lowest BCUT2D eigenvalue weighted by Crippen LogP contribution is -2.37. The van der Waals surface area contributed by atoms with E-state index in [0.717, 1.165) is 31.4 Å². The van der Waals surface area contributed by atoms with Crippen LogP contribution in [0.25, 0.3) is 0 Å². The molecule has 0 aromatic heterocycles. The van der Waals surface area contributed by atoms with Gasteiger partial charge >= 0.3 is 0 Å². The van der Waals surface area contributed by atoms with Gasteiger partial charge in [0.25, 0.3) is 0 Å². The zero-order valence-corrected chi connectivity index (χ0v) is 9.63. The molecule has 1 aromatic rings. The maximum atomic E-state index is 13.2. The molecule has 0 radical (unpaired) electrons. The molecule has 1 unspecified atom stereocenters. The molecule has 1 heterocycles. The minimum atomic E-state index is -0.352. The first-order valence-corrected chi connectivity index (χ1v) is 5.75. The lowest BCUT2D eigenvalue weighted by Gasteiger charge is -2.28. The highest BCUT2D eigenvalue weighted by Gasteiger charge is 2.28. The molecule has 0 spiro atoms. The van der Waals surface area contributed by atoms with Gasteiger partial charge in [0.05, 0.1) is 0 Å². The van der Waals surface area contributed by atoms with E-state index < -0.39 is 0 Å². The van der Waals surface area contributed by atoms with E-state index >= 15 is 0 Å². The van der Waals surface area contributed by atoms with Crippen molar-refractivity contribution in [3.63, 3.8) is 0 Å². The molecule has 1 atom stereocenters. The van der Waals surface area contributed by atoms with E-state index in [2.05, 4.69) is 0 Å². The van der Waals surface area contributed by atoms with Crippen LogP contribution in [0.3, 0.4) is 0 Å². The van der Waals surface area contributed by atoms with Gasteiger partial charge in [0, 0.05) is 18.8 Å². The third-order valence-corrected chi connectivity index (χ3v) is 3.34. The van der Waals surface area contributed by atoms with Crippen LogP contribution in [0.2, 0.25) is 0 Å². The molecule has 0 saturated carbocycles. The summed E-state index contributed by atoms with van der Waals surface area (Å²) in [6.45, 7) is 3.24. The third-order valence-electron chi connectivity index (χ3n) is 3.34. The maximum absolute atomic E-state index is 13.2. The van der Waals surface area contributed by atoms with Crippen LogP contribution in [-0.4, -0.2) is 13.2 Å². The van der Waals surface area contributed by atoms with Crippen LogP contribution in [-0.2, 0) is 10.3 Å². The summed E-state index contributed by atoms with van der Waals surface area (Å²) < 4.78 is 18.6. The van der Waals surface area contributed by atoms with Crippen LogP contribution in [0.4, 0.5) is 4.39 Å². The van der Waals surface area contributed by atoms with Crippen molar-refractivity contribution < 1.29 is 9.13 Å². The number of aryl methyl sites for hydroxylation is 1. The van der Waals surface area contributed by atoms with Crippen molar-refractivity contribution in [3.05, 3.63) is 35.1 Å². The monoisotopic (exact) mass is 223 g/mol. The summed E-state index contributed by atoms with van der Waals surface area (Å²) in [5.41, 5.74) is 7.73. The van der Waals surface area contributed by atoms with E-state index in [4.69, 9.17) is 10.5 Å². The molecule has 1 fully saturated rings. The Morgan fingerprint density at radius 2 is 2.12 bits per heavy atom. The molecular formula is C13H18FNO. The highest BCUT2D eigenvalue weighted by atomic mass is 19.1. The number of hydrogen-bond donors (Lipinski definition) is 1. The average Bonchev–Trinajstić information content (AvgIpc) is 2.48. The molecule has 0 aliphatic carbocycles. The fourth-order valence-electron chi connectivity index (χ4n) is 2.21. The third kappa shape index (κ3) is 2.25. The van der Waals surface area contributed by atoms with Gasteiger partial charge in [0.15, 0.2) is 0 Å². The largest absolute Gasteiger partial charge is 0.381 e. The predicted molar refractivity (Wildman–Crippen MR) is 61.7 cm³/mol. The van der Waals surface area contributed by atoms with Gasteiger partial charge in [-0.25, -0.2) is 4.39 Å². The standard InChI is InChI=1S/C13H18FNO/c1-10-9-11(3-4-12(10)14)13(15)5-2-7-16-8-6-13/h3-4,9H,2,5-8,15H2,1H3. The van der Waals surface area contributed by atoms with Crippen molar-refractivity contribution in [3.8, 4) is 0 Å². The Kier molecular flexibility index (Phi) is 3.26. The summed E-state index contributed by atoms with van der Waals surface area (Å²) in [5.74, 6) is -0.169. The summed E-state index contributed by atoms with van der Waals surface area (Å²) >= 11 is 0. The fourth-order valence-corrected chi connectivity index (χ4v) is 2.21. The van der Waals surface area contributed by atoms with E-state index in [1.807, 2.05) is 6.07 Å². The van der Waals surface area contributed by atoms with Gasteiger partial charge in [-0.3, -0.25) is 0 Å². The molecule has 1 aliphatic heterocycles. The number of ether oxygens (including phenoxy) is 1. The second kappa shape index (κ2) is 4.52. The predicted octanol–water partition coefficient (Wildman–Crippen LogP) is 2.49. The average molecular weight is 223 g/mol. The summed E-state index contributed by atoms with van der Waals surface area (Å²) in [4.78, 5) is 0. The normalized spacial score (nSPS) is 26.4. The topological polar surface area (TPSA) is 35.2 Å². The van der Waals surface area contributed by atoms with Crippen molar-refractivity contribution in [2.45, 2.75) is 31.7 Å². The zero-order chi connectivity index (χ0) is 11.6. The molecule has 1 aromatic carbocycles. The SMILES string of the molecule is Cc1cc(C2(N)CCCOCC2)ccc1F. The Hall–Kier alpha value is -0.930. The van der Waals surface area contributed by atoms with Crippen LogP contribution in [0, 0.1) is 12.7 Å². The second-order valence-electron chi connectivity index (χ2n) is 4.59. The highest BCUT2D eigenvalue weighted by Crippen LogP contribution is 2.30. The Morgan fingerprint density at radius 1 is 1.31 bits per heavy atom. The van der Waals surface area contributed by atoms with E-state index in [1.54, 1.807) is 13.0 Å². The van der Waals surface area contributed by atoms with E-state index in [0.29, 0.717) is 12.2 Å². The minimum absolute atomic E-state index is 0.169. The first kappa shape index (κ1) is 11.6. The highest BCUT2D eigenvalue weighted by molar-refractivity contribution is 5.30. The minimum Gasteiger partial charge on any atom is -0.381 e. The van der Waals surface area contributed by atoms with Crippen LogP contribution in [0.15, 0.2) is 18.2 Å². The number of halogens is 1. The number of hydrogen-bond acceptors (Lipinski definition) is 2. The Labute approximate surface area is 95.6 Å². The number of rotatable bonds is 1. The van der Waals surface area contributed by atoms with Crippen molar-refractivity contribution in [2.24, 2.45) is 5.73 Å². The first-order chi connectivity index (χ1) is 7.62. The Morgan fingerprint density at radius 3 is 2.88 bits per heavy atom. The van der Waals surface area contributed by atoms with Gasteiger partial charge < -0.3 is 10.5 Å². The van der Waals surface area contributed by atoms with Crippen molar-refractivity contribution >= 4 is 0 Å². The van der Waals surface area contributed by atoms with Crippen LogP contribution < -0.4 is 5.73 Å². The second-order valence-corrected chi connectivity index (χ2v) is 4.59. The molecule has 1 saturated heterocycles. The van der Waals surface area contributed by atoms with Gasteiger partial charge in [-0.2, -0.15) is 0 Å². The van der Waals surface area contributed by atoms with Gasteiger partial charge in [0.1, 0.15) is 5.82 Å². The molecule has 3 heteroatoms. The molecule has 2 N–H and O–H groups in total. The molecule has 2 nitrogen and oxygen atoms in total. The van der Waals surface area contributed by atoms with E-state index in [9.17, 15) is 4.39 Å². The quantitative estimate of drug-likeness (QED) is 0.794. The molecular weight excluding hydrogens is 205 g/mol. The summed E-state index contributed by atoms with van der Waals surface area (Å²) in [6, 6.07) is 5.17. The summed E-state index contributed by atoms with van der Waals surface area (Å²) in [7, 11) is 0. The van der Waals surface area contributed by atoms with Gasteiger partial charge in [-0.1, -0.05) is 12.1 Å². The van der Waals surface area contributed by atoms with E-state index in [1.165, 1.54) is 6.07 Å². The van der Waals surface area contributed by atoms with Gasteiger partial charge in [0.2, 0.25) is 0 Å². The zero-order valence-electron chi connectivity index (χ0n) is 9.63. The summed E-state index contributed by atoms with van der Waals surface area (Å²) in [5, 5.41) is 0. The molecule has 16 heavy (non-hydrogen) atoms. The first-order valence-electron chi connectivity index (χ1n) is 5.75. The molecule has 88 valence electrons. The maximum Gasteiger partial charge on any atom is 0.126 e. The lowest BCUT2D eigenvalue weighted by molar-refractivity contribution is 0.139. The molecule has 1 aliphatic rings.